The van der Waals surface area contributed by atoms with Gasteiger partial charge in [0.25, 0.3) is 0 Å². The highest BCUT2D eigenvalue weighted by Crippen LogP contribution is 2.29. The fourth-order valence-corrected chi connectivity index (χ4v) is 3.95. The van der Waals surface area contributed by atoms with E-state index in [2.05, 4.69) is 10.3 Å². The molecule has 3 rings (SSSR count). The largest absolute Gasteiger partial charge is 0.448 e. The molecule has 118 valence electrons. The number of thioether (sulfide) groups is 1. The zero-order valence-electron chi connectivity index (χ0n) is 12.0. The minimum Gasteiger partial charge on any atom is -0.448 e. The lowest BCUT2D eigenvalue weighted by molar-refractivity contribution is 0.169. The number of carbonyl (C=O) groups is 1. The first-order chi connectivity index (χ1) is 11.2. The van der Waals surface area contributed by atoms with E-state index >= 15 is 0 Å². The van der Waals surface area contributed by atoms with E-state index in [0.717, 1.165) is 14.6 Å². The SMILES string of the molecule is O=C(Nc1ccc(Cl)cc1)OCCSc1nc2ccccc2s1. The van der Waals surface area contributed by atoms with Crippen molar-refractivity contribution in [1.82, 2.24) is 4.98 Å². The Kier molecular flexibility index (Phi) is 5.38. The van der Waals surface area contributed by atoms with Gasteiger partial charge in [-0.2, -0.15) is 0 Å². The zero-order chi connectivity index (χ0) is 16.1. The maximum Gasteiger partial charge on any atom is 0.411 e. The molecule has 0 atom stereocenters. The van der Waals surface area contributed by atoms with Crippen molar-refractivity contribution in [2.45, 2.75) is 4.34 Å². The number of benzene rings is 2. The highest BCUT2D eigenvalue weighted by Gasteiger charge is 2.06. The molecule has 0 radical (unpaired) electrons. The predicted molar refractivity (Wildman–Crippen MR) is 96.8 cm³/mol. The van der Waals surface area contributed by atoms with Gasteiger partial charge in [-0.3, -0.25) is 5.32 Å². The van der Waals surface area contributed by atoms with E-state index in [1.54, 1.807) is 47.4 Å². The van der Waals surface area contributed by atoms with Crippen LogP contribution in [0.1, 0.15) is 0 Å². The van der Waals surface area contributed by atoms with Gasteiger partial charge >= 0.3 is 6.09 Å². The molecule has 23 heavy (non-hydrogen) atoms. The maximum absolute atomic E-state index is 11.7. The van der Waals surface area contributed by atoms with Crippen LogP contribution >= 0.6 is 34.7 Å². The Labute approximate surface area is 146 Å². The molecule has 0 fully saturated rings. The van der Waals surface area contributed by atoms with Crippen LogP contribution in [0.25, 0.3) is 10.2 Å². The van der Waals surface area contributed by atoms with Crippen LogP contribution in [0, 0.1) is 0 Å². The van der Waals surface area contributed by atoms with Crippen LogP contribution in [0.2, 0.25) is 5.02 Å². The number of halogens is 1. The topological polar surface area (TPSA) is 51.2 Å². The Morgan fingerprint density at radius 1 is 1.22 bits per heavy atom. The number of aromatic nitrogens is 1. The fourth-order valence-electron chi connectivity index (χ4n) is 1.86. The number of hydrogen-bond donors (Lipinski definition) is 1. The average Bonchev–Trinajstić information content (AvgIpc) is 2.96. The van der Waals surface area contributed by atoms with Gasteiger partial charge in [0.2, 0.25) is 0 Å². The lowest BCUT2D eigenvalue weighted by Gasteiger charge is -2.06. The van der Waals surface area contributed by atoms with Crippen molar-refractivity contribution < 1.29 is 9.53 Å². The molecule has 0 aliphatic carbocycles. The zero-order valence-corrected chi connectivity index (χ0v) is 14.4. The molecule has 1 amide bonds. The number of fused-ring (bicyclic) bond motifs is 1. The molecule has 0 unspecified atom stereocenters. The highest BCUT2D eigenvalue weighted by molar-refractivity contribution is 8.01. The quantitative estimate of drug-likeness (QED) is 0.493. The van der Waals surface area contributed by atoms with Gasteiger partial charge in [0, 0.05) is 16.5 Å². The minimum atomic E-state index is -0.475. The number of amides is 1. The smallest absolute Gasteiger partial charge is 0.411 e. The molecular weight excluding hydrogens is 352 g/mol. The summed E-state index contributed by atoms with van der Waals surface area (Å²) in [6.45, 7) is 0.319. The Balaban J connectivity index is 1.42. The van der Waals surface area contributed by atoms with Crippen molar-refractivity contribution in [3.8, 4) is 0 Å². The standard InChI is InChI=1S/C16H13ClN2O2S2/c17-11-5-7-12(8-6-11)18-15(20)21-9-10-22-16-19-13-3-1-2-4-14(13)23-16/h1-8H,9-10H2,(H,18,20). The van der Waals surface area contributed by atoms with Crippen molar-refractivity contribution in [2.24, 2.45) is 0 Å². The lowest BCUT2D eigenvalue weighted by atomic mass is 10.3. The monoisotopic (exact) mass is 364 g/mol. The summed E-state index contributed by atoms with van der Waals surface area (Å²) in [4.78, 5) is 16.2. The van der Waals surface area contributed by atoms with E-state index in [9.17, 15) is 4.79 Å². The third-order valence-corrected chi connectivity index (χ3v) is 5.30. The first-order valence-electron chi connectivity index (χ1n) is 6.88. The first kappa shape index (κ1) is 16.1. The van der Waals surface area contributed by atoms with E-state index in [1.807, 2.05) is 24.3 Å². The molecule has 1 heterocycles. The molecule has 0 aliphatic heterocycles. The molecule has 1 aromatic heterocycles. The van der Waals surface area contributed by atoms with Gasteiger partial charge in [-0.25, -0.2) is 9.78 Å². The average molecular weight is 365 g/mol. The van der Waals surface area contributed by atoms with Crippen molar-refractivity contribution in [3.63, 3.8) is 0 Å². The van der Waals surface area contributed by atoms with Crippen LogP contribution in [-0.4, -0.2) is 23.4 Å². The highest BCUT2D eigenvalue weighted by atomic mass is 35.5. The van der Waals surface area contributed by atoms with E-state index in [0.29, 0.717) is 23.1 Å². The van der Waals surface area contributed by atoms with Gasteiger partial charge in [-0.05, 0) is 36.4 Å². The second-order valence-electron chi connectivity index (χ2n) is 4.56. The van der Waals surface area contributed by atoms with Crippen molar-refractivity contribution in [2.75, 3.05) is 17.7 Å². The Hall–Kier alpha value is -1.76. The van der Waals surface area contributed by atoms with Gasteiger partial charge in [0.15, 0.2) is 4.34 Å². The number of para-hydroxylation sites is 1. The summed E-state index contributed by atoms with van der Waals surface area (Å²) < 4.78 is 7.29. The van der Waals surface area contributed by atoms with Gasteiger partial charge in [-0.1, -0.05) is 35.5 Å². The summed E-state index contributed by atoms with van der Waals surface area (Å²) in [7, 11) is 0. The summed E-state index contributed by atoms with van der Waals surface area (Å²) in [6, 6.07) is 14.9. The fraction of sp³-hybridized carbons (Fsp3) is 0.125. The van der Waals surface area contributed by atoms with Gasteiger partial charge in [0.1, 0.15) is 6.61 Å². The molecule has 0 bridgehead atoms. The van der Waals surface area contributed by atoms with Crippen LogP contribution < -0.4 is 5.32 Å². The number of anilines is 1. The predicted octanol–water partition coefficient (Wildman–Crippen LogP) is 5.29. The molecule has 0 aliphatic rings. The third kappa shape index (κ3) is 4.60. The molecule has 0 spiro atoms. The minimum absolute atomic E-state index is 0.319. The molecule has 0 saturated carbocycles. The van der Waals surface area contributed by atoms with E-state index in [4.69, 9.17) is 16.3 Å². The number of nitrogens with zero attached hydrogens (tertiary/aromatic N) is 1. The molecule has 2 aromatic carbocycles. The molecule has 3 aromatic rings. The van der Waals surface area contributed by atoms with Gasteiger partial charge < -0.3 is 4.74 Å². The van der Waals surface area contributed by atoms with Gasteiger partial charge in [0.05, 0.1) is 10.2 Å². The Morgan fingerprint density at radius 3 is 2.78 bits per heavy atom. The van der Waals surface area contributed by atoms with E-state index in [-0.39, 0.29) is 0 Å². The number of nitrogens with one attached hydrogen (secondary N) is 1. The van der Waals surface area contributed by atoms with E-state index < -0.39 is 6.09 Å². The van der Waals surface area contributed by atoms with Crippen LogP contribution in [0.4, 0.5) is 10.5 Å². The number of hydrogen-bond acceptors (Lipinski definition) is 5. The number of thiazole rings is 1. The summed E-state index contributed by atoms with van der Waals surface area (Å²) in [5.74, 6) is 0.661. The summed E-state index contributed by atoms with van der Waals surface area (Å²) in [6.07, 6.45) is -0.475. The molecule has 4 nitrogen and oxygen atoms in total. The van der Waals surface area contributed by atoms with Crippen molar-refractivity contribution in [3.05, 3.63) is 53.6 Å². The van der Waals surface area contributed by atoms with Crippen LogP contribution in [0.3, 0.4) is 0 Å². The third-order valence-electron chi connectivity index (χ3n) is 2.91. The van der Waals surface area contributed by atoms with Crippen LogP contribution in [0.15, 0.2) is 52.9 Å². The Morgan fingerprint density at radius 2 is 2.00 bits per heavy atom. The van der Waals surface area contributed by atoms with Crippen molar-refractivity contribution >= 4 is 56.7 Å². The molecule has 1 N–H and O–H groups in total. The first-order valence-corrected chi connectivity index (χ1v) is 9.06. The number of rotatable bonds is 5. The summed E-state index contributed by atoms with van der Waals surface area (Å²) >= 11 is 9.01. The second-order valence-corrected chi connectivity index (χ2v) is 7.37. The van der Waals surface area contributed by atoms with E-state index in [1.165, 1.54) is 0 Å². The molecule has 0 saturated heterocycles. The lowest BCUT2D eigenvalue weighted by Crippen LogP contribution is -2.15. The Bertz CT molecular complexity index is 772. The second kappa shape index (κ2) is 7.68. The van der Waals surface area contributed by atoms with Gasteiger partial charge in [-0.15, -0.1) is 11.3 Å². The van der Waals surface area contributed by atoms with Crippen molar-refractivity contribution in [1.29, 1.82) is 0 Å². The summed E-state index contributed by atoms with van der Waals surface area (Å²) in [5, 5.41) is 3.27. The maximum atomic E-state index is 11.7. The molecule has 7 heteroatoms. The molecular formula is C16H13ClN2O2S2. The van der Waals surface area contributed by atoms with Crippen LogP contribution in [-0.2, 0) is 4.74 Å². The number of carbonyl (C=O) groups excluding carboxylic acids is 1. The summed E-state index contributed by atoms with van der Waals surface area (Å²) in [5.41, 5.74) is 1.65. The number of ether oxygens (including phenoxy) is 1. The normalized spacial score (nSPS) is 10.7. The van der Waals surface area contributed by atoms with Crippen LogP contribution in [0.5, 0.6) is 0 Å².